The highest BCUT2D eigenvalue weighted by Crippen LogP contribution is 2.21. The molecule has 0 amide bonds. The second kappa shape index (κ2) is 6.62. The van der Waals surface area contributed by atoms with Gasteiger partial charge in [0.05, 0.1) is 18.3 Å². The van der Waals surface area contributed by atoms with Gasteiger partial charge in [0.25, 0.3) is 0 Å². The van der Waals surface area contributed by atoms with Crippen LogP contribution in [0.5, 0.6) is 0 Å². The van der Waals surface area contributed by atoms with Gasteiger partial charge in [-0.15, -0.1) is 0 Å². The third-order valence-corrected chi connectivity index (χ3v) is 3.57. The fourth-order valence-electron chi connectivity index (χ4n) is 2.31. The number of fused-ring (bicyclic) bond motifs is 1. The number of anilines is 3. The molecule has 120 valence electrons. The Morgan fingerprint density at radius 3 is 2.87 bits per heavy atom. The summed E-state index contributed by atoms with van der Waals surface area (Å²) in [7, 11) is 5.96. The van der Waals surface area contributed by atoms with Gasteiger partial charge < -0.3 is 15.5 Å². The number of nitrogens with one attached hydrogen (secondary N) is 2. The lowest BCUT2D eigenvalue weighted by Crippen LogP contribution is -2.18. The zero-order chi connectivity index (χ0) is 16.2. The summed E-state index contributed by atoms with van der Waals surface area (Å²) >= 11 is 0. The van der Waals surface area contributed by atoms with E-state index in [4.69, 9.17) is 0 Å². The number of aromatic nitrogens is 4. The molecule has 1 aromatic carbocycles. The zero-order valence-corrected chi connectivity index (χ0v) is 13.6. The fraction of sp³-hybridized carbons (Fsp3) is 0.312. The molecular weight excluding hydrogens is 290 g/mol. The van der Waals surface area contributed by atoms with Crippen molar-refractivity contribution in [1.29, 1.82) is 0 Å². The highest BCUT2D eigenvalue weighted by atomic mass is 15.3. The van der Waals surface area contributed by atoms with Crippen LogP contribution < -0.4 is 10.6 Å². The minimum Gasteiger partial charge on any atom is -0.373 e. The number of nitrogens with zero attached hydrogens (tertiary/aromatic N) is 5. The molecule has 0 aliphatic rings. The monoisotopic (exact) mass is 311 g/mol. The van der Waals surface area contributed by atoms with Crippen LogP contribution in [0, 0.1) is 0 Å². The lowest BCUT2D eigenvalue weighted by molar-refractivity contribution is 0.377. The molecule has 0 aliphatic heterocycles. The largest absolute Gasteiger partial charge is 0.373 e. The molecule has 0 aliphatic carbocycles. The van der Waals surface area contributed by atoms with E-state index >= 15 is 0 Å². The summed E-state index contributed by atoms with van der Waals surface area (Å²) in [6.07, 6.45) is 3.62. The van der Waals surface area contributed by atoms with E-state index in [9.17, 15) is 0 Å². The van der Waals surface area contributed by atoms with E-state index in [1.165, 1.54) is 0 Å². The lowest BCUT2D eigenvalue weighted by atomic mass is 10.2. The summed E-state index contributed by atoms with van der Waals surface area (Å²) in [5, 5.41) is 11.8. The summed E-state index contributed by atoms with van der Waals surface area (Å²) in [5.41, 5.74) is 2.04. The maximum absolute atomic E-state index is 4.46. The van der Waals surface area contributed by atoms with Gasteiger partial charge in [0.15, 0.2) is 0 Å². The van der Waals surface area contributed by atoms with Crippen LogP contribution in [0.4, 0.5) is 17.5 Å². The Hall–Kier alpha value is -2.67. The Morgan fingerprint density at radius 2 is 2.09 bits per heavy atom. The molecule has 2 N–H and O–H groups in total. The number of hydrogen-bond acceptors (Lipinski definition) is 6. The average Bonchev–Trinajstić information content (AvgIpc) is 2.95. The van der Waals surface area contributed by atoms with Crippen LogP contribution in [0.3, 0.4) is 0 Å². The van der Waals surface area contributed by atoms with Crippen LogP contribution in [0.25, 0.3) is 10.9 Å². The van der Waals surface area contributed by atoms with E-state index in [1.807, 2.05) is 30.1 Å². The Morgan fingerprint density at radius 1 is 1.22 bits per heavy atom. The number of benzene rings is 1. The van der Waals surface area contributed by atoms with Crippen LogP contribution in [0.2, 0.25) is 0 Å². The molecule has 7 heteroatoms. The van der Waals surface area contributed by atoms with Gasteiger partial charge in [0.1, 0.15) is 5.82 Å². The molecule has 2 aromatic heterocycles. The van der Waals surface area contributed by atoms with Crippen molar-refractivity contribution in [2.75, 3.05) is 38.3 Å². The third kappa shape index (κ3) is 3.57. The van der Waals surface area contributed by atoms with Crippen molar-refractivity contribution in [3.63, 3.8) is 0 Å². The maximum Gasteiger partial charge on any atom is 0.229 e. The second-order valence-electron chi connectivity index (χ2n) is 5.59. The summed E-state index contributed by atoms with van der Waals surface area (Å²) in [5.74, 6) is 1.34. The Labute approximate surface area is 135 Å². The van der Waals surface area contributed by atoms with Crippen molar-refractivity contribution < 1.29 is 0 Å². The summed E-state index contributed by atoms with van der Waals surface area (Å²) in [6.45, 7) is 1.80. The molecule has 0 spiro atoms. The van der Waals surface area contributed by atoms with Crippen LogP contribution in [-0.2, 0) is 6.54 Å². The van der Waals surface area contributed by atoms with Crippen LogP contribution in [0.1, 0.15) is 0 Å². The second-order valence-corrected chi connectivity index (χ2v) is 5.59. The first-order valence-electron chi connectivity index (χ1n) is 7.54. The maximum atomic E-state index is 4.46. The summed E-state index contributed by atoms with van der Waals surface area (Å²) in [4.78, 5) is 10.8. The summed E-state index contributed by atoms with van der Waals surface area (Å²) in [6, 6.07) is 7.96. The fourth-order valence-corrected chi connectivity index (χ4v) is 2.31. The molecule has 0 atom stereocenters. The van der Waals surface area contributed by atoms with Gasteiger partial charge in [-0.25, -0.2) is 4.98 Å². The molecule has 3 rings (SSSR count). The van der Waals surface area contributed by atoms with Crippen molar-refractivity contribution in [3.8, 4) is 0 Å². The van der Waals surface area contributed by atoms with E-state index < -0.39 is 0 Å². The molecule has 0 radical (unpaired) electrons. The van der Waals surface area contributed by atoms with Crippen LogP contribution >= 0.6 is 0 Å². The first-order chi connectivity index (χ1) is 11.2. The van der Waals surface area contributed by atoms with E-state index in [0.29, 0.717) is 5.95 Å². The van der Waals surface area contributed by atoms with Gasteiger partial charge in [-0.2, -0.15) is 10.1 Å². The Bertz CT molecular complexity index is 794. The molecule has 0 bridgehead atoms. The topological polar surface area (TPSA) is 70.9 Å². The molecule has 2 heterocycles. The molecule has 7 nitrogen and oxygen atoms in total. The highest BCUT2D eigenvalue weighted by Gasteiger charge is 2.06. The van der Waals surface area contributed by atoms with Gasteiger partial charge in [0, 0.05) is 30.9 Å². The molecule has 3 aromatic rings. The normalized spacial score (nSPS) is 11.1. The minimum absolute atomic E-state index is 0.565. The quantitative estimate of drug-likeness (QED) is 0.727. The van der Waals surface area contributed by atoms with Gasteiger partial charge in [0.2, 0.25) is 5.95 Å². The number of hydrogen-bond donors (Lipinski definition) is 2. The predicted octanol–water partition coefficient (Wildman–Crippen LogP) is 2.17. The van der Waals surface area contributed by atoms with E-state index in [2.05, 4.69) is 56.8 Å². The van der Waals surface area contributed by atoms with Gasteiger partial charge >= 0.3 is 0 Å². The molecule has 0 saturated heterocycles. The highest BCUT2D eigenvalue weighted by molar-refractivity contribution is 5.83. The molecule has 0 unspecified atom stereocenters. The van der Waals surface area contributed by atoms with Crippen LogP contribution in [0.15, 0.2) is 36.7 Å². The predicted molar refractivity (Wildman–Crippen MR) is 93.1 cm³/mol. The Kier molecular flexibility index (Phi) is 4.38. The first kappa shape index (κ1) is 15.2. The van der Waals surface area contributed by atoms with Crippen molar-refractivity contribution in [3.05, 3.63) is 36.7 Å². The van der Waals surface area contributed by atoms with Crippen molar-refractivity contribution in [2.45, 2.75) is 6.54 Å². The molecular formula is C16H21N7. The standard InChI is InChI=1S/C16H21N7/c1-17-15-6-7-18-16(21-15)20-13-5-4-12-11-19-23(14(12)10-13)9-8-22(2)3/h4-7,10-11H,8-9H2,1-3H3,(H2,17,18,20,21). The van der Waals surface area contributed by atoms with Gasteiger partial charge in [-0.1, -0.05) is 0 Å². The smallest absolute Gasteiger partial charge is 0.229 e. The van der Waals surface area contributed by atoms with Crippen LogP contribution in [-0.4, -0.2) is 52.3 Å². The van der Waals surface area contributed by atoms with Gasteiger partial charge in [-0.3, -0.25) is 4.68 Å². The zero-order valence-electron chi connectivity index (χ0n) is 13.6. The SMILES string of the molecule is CNc1ccnc(Nc2ccc3cnn(CCN(C)C)c3c2)n1. The van der Waals surface area contributed by atoms with E-state index in [1.54, 1.807) is 6.20 Å². The lowest BCUT2D eigenvalue weighted by Gasteiger charge is -2.11. The first-order valence-corrected chi connectivity index (χ1v) is 7.54. The number of likely N-dealkylation sites (N-methyl/N-ethyl adjacent to an activating group) is 1. The molecule has 0 saturated carbocycles. The van der Waals surface area contributed by atoms with Gasteiger partial charge in [-0.05, 0) is 38.4 Å². The van der Waals surface area contributed by atoms with E-state index in [0.717, 1.165) is 35.5 Å². The molecule has 23 heavy (non-hydrogen) atoms. The molecule has 0 fully saturated rings. The summed E-state index contributed by atoms with van der Waals surface area (Å²) < 4.78 is 2.02. The number of rotatable bonds is 6. The average molecular weight is 311 g/mol. The van der Waals surface area contributed by atoms with Crippen molar-refractivity contribution >= 4 is 28.4 Å². The Balaban J connectivity index is 1.85. The van der Waals surface area contributed by atoms with Crippen molar-refractivity contribution in [2.24, 2.45) is 0 Å². The third-order valence-electron chi connectivity index (χ3n) is 3.57. The van der Waals surface area contributed by atoms with Crippen molar-refractivity contribution in [1.82, 2.24) is 24.6 Å². The van der Waals surface area contributed by atoms with E-state index in [-0.39, 0.29) is 0 Å². The minimum atomic E-state index is 0.565.